The highest BCUT2D eigenvalue weighted by molar-refractivity contribution is 9.10. The molecule has 1 aliphatic carbocycles. The van der Waals surface area contributed by atoms with Crippen LogP contribution in [0.4, 0.5) is 0 Å². The molecule has 5 nitrogen and oxygen atoms in total. The molecule has 0 spiro atoms. The summed E-state index contributed by atoms with van der Waals surface area (Å²) >= 11 is 16.1. The zero-order chi connectivity index (χ0) is 29.4. The molecule has 4 rings (SSSR count). The summed E-state index contributed by atoms with van der Waals surface area (Å²) in [5, 5.41) is 4.08. The van der Waals surface area contributed by atoms with Crippen molar-refractivity contribution >= 4 is 50.9 Å². The standard InChI is InChI=1S/C33H37BrCl2N2O3/c1-22(2)25-14-16-31(27(34)19-25)41-21-32(39)38(20-24-13-15-28(35)29(36)17-24)30(18-23-9-5-3-6-10-23)33(40)37-26-11-7-4-8-12-26/h3,5-6,9-10,13-17,19,22,26,30H,4,7-8,11-12,18,20-21H2,1-2H3,(H,37,40)/t30-/m1/s1. The van der Waals surface area contributed by atoms with Gasteiger partial charge >= 0.3 is 0 Å². The van der Waals surface area contributed by atoms with Gasteiger partial charge in [-0.05, 0) is 75.6 Å². The van der Waals surface area contributed by atoms with Gasteiger partial charge in [-0.2, -0.15) is 0 Å². The SMILES string of the molecule is CC(C)c1ccc(OCC(=O)N(Cc2ccc(Cl)c(Cl)c2)[C@H](Cc2ccccc2)C(=O)NC2CCCCC2)c(Br)c1. The van der Waals surface area contributed by atoms with Crippen LogP contribution in [0.25, 0.3) is 0 Å². The maximum absolute atomic E-state index is 13.9. The first kappa shape index (κ1) is 31.4. The molecular weight excluding hydrogens is 623 g/mol. The molecule has 1 N–H and O–H groups in total. The van der Waals surface area contributed by atoms with Gasteiger partial charge in [-0.15, -0.1) is 0 Å². The summed E-state index contributed by atoms with van der Waals surface area (Å²) in [6, 6.07) is 20.3. The largest absolute Gasteiger partial charge is 0.483 e. The normalized spacial score (nSPS) is 14.5. The summed E-state index contributed by atoms with van der Waals surface area (Å²) in [6.07, 6.45) is 5.66. The second-order valence-corrected chi connectivity index (χ2v) is 12.6. The van der Waals surface area contributed by atoms with E-state index in [-0.39, 0.29) is 31.0 Å². The fourth-order valence-corrected chi connectivity index (χ4v) is 5.98. The molecule has 41 heavy (non-hydrogen) atoms. The van der Waals surface area contributed by atoms with E-state index >= 15 is 0 Å². The third-order valence-corrected chi connectivity index (χ3v) is 8.89. The smallest absolute Gasteiger partial charge is 0.261 e. The molecule has 3 aromatic carbocycles. The maximum atomic E-state index is 13.9. The van der Waals surface area contributed by atoms with E-state index in [0.29, 0.717) is 28.1 Å². The Kier molecular flexibility index (Phi) is 11.5. The van der Waals surface area contributed by atoms with E-state index < -0.39 is 6.04 Å². The number of hydrogen-bond acceptors (Lipinski definition) is 3. The highest BCUT2D eigenvalue weighted by atomic mass is 79.9. The number of carbonyl (C=O) groups excluding carboxylic acids is 2. The van der Waals surface area contributed by atoms with Crippen molar-refractivity contribution in [2.24, 2.45) is 0 Å². The van der Waals surface area contributed by atoms with Crippen LogP contribution in [0.5, 0.6) is 5.75 Å². The van der Waals surface area contributed by atoms with Crippen molar-refractivity contribution in [3.05, 3.63) is 97.9 Å². The number of rotatable bonds is 11. The van der Waals surface area contributed by atoms with Crippen molar-refractivity contribution in [1.29, 1.82) is 0 Å². The molecule has 0 heterocycles. The zero-order valence-electron chi connectivity index (χ0n) is 23.5. The summed E-state index contributed by atoms with van der Waals surface area (Å²) in [4.78, 5) is 29.4. The fraction of sp³-hybridized carbons (Fsp3) is 0.394. The number of benzene rings is 3. The van der Waals surface area contributed by atoms with Gasteiger partial charge in [0.15, 0.2) is 6.61 Å². The molecule has 2 amide bonds. The number of ether oxygens (including phenoxy) is 1. The van der Waals surface area contributed by atoms with Crippen LogP contribution in [0.3, 0.4) is 0 Å². The number of hydrogen-bond donors (Lipinski definition) is 1. The Hall–Kier alpha value is -2.54. The lowest BCUT2D eigenvalue weighted by atomic mass is 9.94. The Morgan fingerprint density at radius 1 is 0.951 bits per heavy atom. The van der Waals surface area contributed by atoms with Gasteiger partial charge in [0.25, 0.3) is 5.91 Å². The molecule has 8 heteroatoms. The number of nitrogens with zero attached hydrogens (tertiary/aromatic N) is 1. The molecule has 1 aliphatic rings. The van der Waals surface area contributed by atoms with E-state index in [1.807, 2.05) is 54.6 Å². The van der Waals surface area contributed by atoms with E-state index in [1.165, 1.54) is 12.0 Å². The molecule has 0 radical (unpaired) electrons. The topological polar surface area (TPSA) is 58.6 Å². The van der Waals surface area contributed by atoms with Crippen LogP contribution in [0, 0.1) is 0 Å². The first-order chi connectivity index (χ1) is 19.7. The van der Waals surface area contributed by atoms with E-state index in [1.54, 1.807) is 17.0 Å². The second-order valence-electron chi connectivity index (χ2n) is 11.0. The molecule has 218 valence electrons. The molecule has 0 aliphatic heterocycles. The lowest BCUT2D eigenvalue weighted by Gasteiger charge is -2.33. The third kappa shape index (κ3) is 8.97. The van der Waals surface area contributed by atoms with Crippen LogP contribution in [0.2, 0.25) is 10.0 Å². The van der Waals surface area contributed by atoms with Crippen LogP contribution in [0.1, 0.15) is 68.6 Å². The predicted molar refractivity (Wildman–Crippen MR) is 170 cm³/mol. The lowest BCUT2D eigenvalue weighted by Crippen LogP contribution is -2.53. The van der Waals surface area contributed by atoms with Gasteiger partial charge in [-0.3, -0.25) is 9.59 Å². The van der Waals surface area contributed by atoms with Crippen molar-refractivity contribution in [1.82, 2.24) is 10.2 Å². The molecule has 1 fully saturated rings. The predicted octanol–water partition coefficient (Wildman–Crippen LogP) is 8.35. The van der Waals surface area contributed by atoms with Crippen molar-refractivity contribution in [3.8, 4) is 5.75 Å². The fourth-order valence-electron chi connectivity index (χ4n) is 5.15. The van der Waals surface area contributed by atoms with Crippen LogP contribution < -0.4 is 10.1 Å². The van der Waals surface area contributed by atoms with Crippen molar-refractivity contribution in [2.75, 3.05) is 6.61 Å². The summed E-state index contributed by atoms with van der Waals surface area (Å²) in [7, 11) is 0. The minimum absolute atomic E-state index is 0.114. The Morgan fingerprint density at radius 3 is 2.34 bits per heavy atom. The number of carbonyl (C=O) groups is 2. The average Bonchev–Trinajstić information content (AvgIpc) is 2.96. The van der Waals surface area contributed by atoms with Crippen molar-refractivity contribution in [3.63, 3.8) is 0 Å². The molecule has 0 bridgehead atoms. The number of nitrogens with one attached hydrogen (secondary N) is 1. The minimum Gasteiger partial charge on any atom is -0.483 e. The highest BCUT2D eigenvalue weighted by Crippen LogP contribution is 2.29. The summed E-state index contributed by atoms with van der Waals surface area (Å²) in [5.41, 5.74) is 2.91. The monoisotopic (exact) mass is 658 g/mol. The van der Waals surface area contributed by atoms with Gasteiger partial charge in [-0.1, -0.05) is 98.8 Å². The van der Waals surface area contributed by atoms with Crippen LogP contribution >= 0.6 is 39.1 Å². The zero-order valence-corrected chi connectivity index (χ0v) is 26.6. The van der Waals surface area contributed by atoms with Gasteiger partial charge in [0.05, 0.1) is 14.5 Å². The van der Waals surface area contributed by atoms with Gasteiger partial charge in [0.1, 0.15) is 11.8 Å². The van der Waals surface area contributed by atoms with E-state index in [2.05, 4.69) is 35.1 Å². The molecule has 0 aromatic heterocycles. The van der Waals surface area contributed by atoms with Crippen LogP contribution in [-0.4, -0.2) is 35.4 Å². The summed E-state index contributed by atoms with van der Waals surface area (Å²) in [5.74, 6) is 0.487. The molecule has 1 atom stereocenters. The molecule has 0 unspecified atom stereocenters. The quantitative estimate of drug-likeness (QED) is 0.225. The molecule has 1 saturated carbocycles. The first-order valence-electron chi connectivity index (χ1n) is 14.2. The molecular formula is C33H37BrCl2N2O3. The van der Waals surface area contributed by atoms with Crippen molar-refractivity contribution in [2.45, 2.75) is 76.9 Å². The Morgan fingerprint density at radius 2 is 1.68 bits per heavy atom. The average molecular weight is 660 g/mol. The number of halogens is 3. The van der Waals surface area contributed by atoms with Crippen LogP contribution in [-0.2, 0) is 22.6 Å². The highest BCUT2D eigenvalue weighted by Gasteiger charge is 2.32. The Labute approximate surface area is 261 Å². The lowest BCUT2D eigenvalue weighted by molar-refractivity contribution is -0.143. The van der Waals surface area contributed by atoms with Crippen molar-refractivity contribution < 1.29 is 14.3 Å². The summed E-state index contributed by atoms with van der Waals surface area (Å²) in [6.45, 7) is 4.21. The van der Waals surface area contributed by atoms with E-state index in [4.69, 9.17) is 27.9 Å². The minimum atomic E-state index is -0.739. The Bertz CT molecular complexity index is 1330. The third-order valence-electron chi connectivity index (χ3n) is 7.53. The van der Waals surface area contributed by atoms with E-state index in [9.17, 15) is 9.59 Å². The summed E-state index contributed by atoms with van der Waals surface area (Å²) < 4.78 is 6.79. The van der Waals surface area contributed by atoms with Gasteiger partial charge in [0, 0.05) is 19.0 Å². The molecule has 3 aromatic rings. The Balaban J connectivity index is 1.62. The number of amides is 2. The van der Waals surface area contributed by atoms with Gasteiger partial charge < -0.3 is 15.0 Å². The van der Waals surface area contributed by atoms with Gasteiger partial charge in [0.2, 0.25) is 5.91 Å². The van der Waals surface area contributed by atoms with Crippen LogP contribution in [0.15, 0.2) is 71.2 Å². The second kappa shape index (κ2) is 15.1. The first-order valence-corrected chi connectivity index (χ1v) is 15.8. The van der Waals surface area contributed by atoms with E-state index in [0.717, 1.165) is 41.3 Å². The molecule has 0 saturated heterocycles. The van der Waals surface area contributed by atoms with Gasteiger partial charge in [-0.25, -0.2) is 0 Å². The maximum Gasteiger partial charge on any atom is 0.261 e.